The molecule has 160 valence electrons. The minimum Gasteiger partial charge on any atom is -0.497 e. The van der Waals surface area contributed by atoms with Crippen LogP contribution in [-0.2, 0) is 6.54 Å². The molecule has 0 spiro atoms. The number of nitrogens with zero attached hydrogens (tertiary/aromatic N) is 2. The van der Waals surface area contributed by atoms with E-state index in [1.165, 1.54) is 18.2 Å². The zero-order chi connectivity index (χ0) is 22.3. The van der Waals surface area contributed by atoms with Gasteiger partial charge >= 0.3 is 0 Å². The monoisotopic (exact) mass is 444 g/mol. The Hall–Kier alpha value is -3.32. The van der Waals surface area contributed by atoms with Crippen molar-refractivity contribution < 1.29 is 23.4 Å². The topological polar surface area (TPSA) is 56.5 Å². The van der Waals surface area contributed by atoms with E-state index < -0.39 is 11.6 Å². The largest absolute Gasteiger partial charge is 0.497 e. The number of aromatic nitrogens is 2. The van der Waals surface area contributed by atoms with Crippen molar-refractivity contribution in [1.82, 2.24) is 9.55 Å². The molecule has 0 aliphatic rings. The fraction of sp³-hybridized carbons (Fsp3) is 0.174. The van der Waals surface area contributed by atoms with Gasteiger partial charge in [0.25, 0.3) is 0 Å². The van der Waals surface area contributed by atoms with Crippen molar-refractivity contribution >= 4 is 22.5 Å². The van der Waals surface area contributed by atoms with Crippen LogP contribution < -0.4 is 9.47 Å². The summed E-state index contributed by atoms with van der Waals surface area (Å²) in [5.41, 5.74) is 1.34. The Morgan fingerprint density at radius 3 is 2.42 bits per heavy atom. The van der Waals surface area contributed by atoms with Crippen molar-refractivity contribution in [3.8, 4) is 28.6 Å². The van der Waals surface area contributed by atoms with Gasteiger partial charge in [0.2, 0.25) is 5.88 Å². The van der Waals surface area contributed by atoms with Crippen molar-refractivity contribution in [1.29, 1.82) is 0 Å². The highest BCUT2D eigenvalue weighted by Gasteiger charge is 2.20. The third-order valence-corrected chi connectivity index (χ3v) is 5.35. The van der Waals surface area contributed by atoms with Gasteiger partial charge in [0.1, 0.15) is 23.1 Å². The number of pyridine rings is 1. The van der Waals surface area contributed by atoms with Gasteiger partial charge in [-0.1, -0.05) is 11.6 Å². The Bertz CT molecular complexity index is 1280. The number of rotatable bonds is 5. The molecule has 0 bridgehead atoms. The lowest BCUT2D eigenvalue weighted by atomic mass is 10.1. The number of hydrogen-bond acceptors (Lipinski definition) is 4. The lowest BCUT2D eigenvalue weighted by Gasteiger charge is -2.11. The van der Waals surface area contributed by atoms with Crippen LogP contribution in [0.2, 0.25) is 5.02 Å². The van der Waals surface area contributed by atoms with Crippen molar-refractivity contribution in [3.05, 3.63) is 70.4 Å². The molecular weight excluding hydrogens is 426 g/mol. The Morgan fingerprint density at radius 2 is 1.77 bits per heavy atom. The number of benzene rings is 2. The Kier molecular flexibility index (Phi) is 5.45. The lowest BCUT2D eigenvalue weighted by Crippen LogP contribution is -2.00. The van der Waals surface area contributed by atoms with E-state index in [4.69, 9.17) is 21.1 Å². The first-order chi connectivity index (χ1) is 14.8. The Balaban J connectivity index is 1.81. The number of aromatic hydroxyl groups is 1. The van der Waals surface area contributed by atoms with Crippen LogP contribution in [0.25, 0.3) is 22.2 Å². The summed E-state index contributed by atoms with van der Waals surface area (Å²) in [5.74, 6) is -0.347. The van der Waals surface area contributed by atoms with Gasteiger partial charge in [-0.25, -0.2) is 13.8 Å². The van der Waals surface area contributed by atoms with Crippen LogP contribution in [0.1, 0.15) is 11.1 Å². The molecule has 0 aliphatic carbocycles. The maximum absolute atomic E-state index is 14.4. The van der Waals surface area contributed by atoms with E-state index in [0.717, 1.165) is 5.56 Å². The molecule has 5 nitrogen and oxygen atoms in total. The summed E-state index contributed by atoms with van der Waals surface area (Å²) < 4.78 is 41.0. The first-order valence-corrected chi connectivity index (χ1v) is 9.75. The summed E-state index contributed by atoms with van der Waals surface area (Å²) in [6, 6.07) is 9.15. The van der Waals surface area contributed by atoms with E-state index in [2.05, 4.69) is 4.98 Å². The molecule has 0 fully saturated rings. The Labute approximate surface area is 182 Å². The van der Waals surface area contributed by atoms with E-state index in [1.54, 1.807) is 44.0 Å². The standard InChI is InChI=1S/C23H19ClF2N2O3/c1-12-6-16(25)22(17(26)7-12)18-9-15(24)21-19(27-18)11-28(23(21)29)10-13-4-5-14(30-2)8-20(13)31-3/h4-9,11,29H,10H2,1-3H3. The maximum atomic E-state index is 14.4. The predicted octanol–water partition coefficient (Wildman–Crippen LogP) is 5.71. The molecule has 31 heavy (non-hydrogen) atoms. The van der Waals surface area contributed by atoms with E-state index in [-0.39, 0.29) is 28.7 Å². The molecule has 0 aliphatic heterocycles. The van der Waals surface area contributed by atoms with Gasteiger partial charge in [0, 0.05) is 17.8 Å². The average molecular weight is 445 g/mol. The molecule has 2 aromatic heterocycles. The summed E-state index contributed by atoms with van der Waals surface area (Å²) in [7, 11) is 3.10. The minimum absolute atomic E-state index is 0.0479. The number of hydrogen-bond donors (Lipinski definition) is 1. The summed E-state index contributed by atoms with van der Waals surface area (Å²) in [6.45, 7) is 1.86. The highest BCUT2D eigenvalue weighted by atomic mass is 35.5. The normalized spacial score (nSPS) is 11.2. The predicted molar refractivity (Wildman–Crippen MR) is 115 cm³/mol. The van der Waals surface area contributed by atoms with Gasteiger partial charge in [0.05, 0.1) is 47.9 Å². The quantitative estimate of drug-likeness (QED) is 0.428. The molecular formula is C23H19ClF2N2O3. The molecule has 4 rings (SSSR count). The molecule has 2 heterocycles. The Morgan fingerprint density at radius 1 is 1.06 bits per heavy atom. The molecule has 2 aromatic carbocycles. The molecule has 0 saturated heterocycles. The van der Waals surface area contributed by atoms with E-state index in [9.17, 15) is 13.9 Å². The van der Waals surface area contributed by atoms with Crippen LogP contribution >= 0.6 is 11.6 Å². The SMILES string of the molecule is COc1ccc(Cn2cc3nc(-c4c(F)cc(C)cc4F)cc(Cl)c3c2O)c(OC)c1. The second kappa shape index (κ2) is 8.07. The molecule has 0 unspecified atom stereocenters. The van der Waals surface area contributed by atoms with Crippen molar-refractivity contribution in [2.24, 2.45) is 0 Å². The van der Waals surface area contributed by atoms with Crippen molar-refractivity contribution in [2.75, 3.05) is 14.2 Å². The van der Waals surface area contributed by atoms with Gasteiger partial charge in [0.15, 0.2) is 0 Å². The fourth-order valence-electron chi connectivity index (χ4n) is 3.56. The zero-order valence-corrected chi connectivity index (χ0v) is 17.8. The second-order valence-electron chi connectivity index (χ2n) is 7.11. The van der Waals surface area contributed by atoms with Gasteiger partial charge in [-0.3, -0.25) is 0 Å². The van der Waals surface area contributed by atoms with E-state index in [0.29, 0.717) is 28.0 Å². The molecule has 0 atom stereocenters. The van der Waals surface area contributed by atoms with E-state index in [1.807, 2.05) is 6.07 Å². The van der Waals surface area contributed by atoms with Crippen molar-refractivity contribution in [2.45, 2.75) is 13.5 Å². The number of aryl methyl sites for hydroxylation is 1. The van der Waals surface area contributed by atoms with Crippen LogP contribution in [0.3, 0.4) is 0 Å². The van der Waals surface area contributed by atoms with Gasteiger partial charge in [-0.2, -0.15) is 0 Å². The lowest BCUT2D eigenvalue weighted by molar-refractivity contribution is 0.387. The number of halogens is 3. The smallest absolute Gasteiger partial charge is 0.202 e. The minimum atomic E-state index is -0.730. The average Bonchev–Trinajstić information content (AvgIpc) is 3.03. The highest BCUT2D eigenvalue weighted by Crippen LogP contribution is 2.37. The van der Waals surface area contributed by atoms with Gasteiger partial charge in [-0.05, 0) is 42.8 Å². The van der Waals surface area contributed by atoms with Crippen molar-refractivity contribution in [3.63, 3.8) is 0 Å². The number of methoxy groups -OCH3 is 2. The highest BCUT2D eigenvalue weighted by molar-refractivity contribution is 6.36. The van der Waals surface area contributed by atoms with Gasteiger partial charge in [-0.15, -0.1) is 0 Å². The third kappa shape index (κ3) is 3.77. The first kappa shape index (κ1) is 20.9. The summed E-state index contributed by atoms with van der Waals surface area (Å²) >= 11 is 6.37. The number of fused-ring (bicyclic) bond motifs is 1. The van der Waals surface area contributed by atoms with Crippen LogP contribution in [-0.4, -0.2) is 28.9 Å². The first-order valence-electron chi connectivity index (χ1n) is 9.37. The van der Waals surface area contributed by atoms with E-state index >= 15 is 0 Å². The molecule has 0 radical (unpaired) electrons. The maximum Gasteiger partial charge on any atom is 0.202 e. The summed E-state index contributed by atoms with van der Waals surface area (Å²) in [5, 5.41) is 11.2. The second-order valence-corrected chi connectivity index (χ2v) is 7.52. The summed E-state index contributed by atoms with van der Waals surface area (Å²) in [6.07, 6.45) is 1.58. The zero-order valence-electron chi connectivity index (χ0n) is 17.0. The van der Waals surface area contributed by atoms with Gasteiger partial charge < -0.3 is 19.1 Å². The molecule has 0 saturated carbocycles. The molecule has 1 N–H and O–H groups in total. The van der Waals surface area contributed by atoms with Crippen LogP contribution in [0, 0.1) is 18.6 Å². The number of ether oxygens (including phenoxy) is 2. The summed E-state index contributed by atoms with van der Waals surface area (Å²) in [4.78, 5) is 4.35. The fourth-order valence-corrected chi connectivity index (χ4v) is 3.84. The molecule has 8 heteroatoms. The van der Waals surface area contributed by atoms with Crippen LogP contribution in [0.15, 0.2) is 42.6 Å². The molecule has 4 aromatic rings. The van der Waals surface area contributed by atoms with Crippen LogP contribution in [0.5, 0.6) is 17.4 Å². The van der Waals surface area contributed by atoms with Crippen LogP contribution in [0.4, 0.5) is 8.78 Å². The third-order valence-electron chi connectivity index (χ3n) is 5.05. The molecule has 0 amide bonds.